The minimum absolute atomic E-state index is 0.0377. The number of rotatable bonds is 2. The third kappa shape index (κ3) is 2.30. The van der Waals surface area contributed by atoms with Crippen molar-refractivity contribution in [1.29, 1.82) is 0 Å². The Balaban J connectivity index is 3.31. The second-order valence-corrected chi connectivity index (χ2v) is 3.67. The van der Waals surface area contributed by atoms with Crippen molar-refractivity contribution in [2.24, 2.45) is 0 Å². The summed E-state index contributed by atoms with van der Waals surface area (Å²) < 4.78 is 24.4. The Kier molecular flexibility index (Phi) is 3.59. The lowest BCUT2D eigenvalue weighted by atomic mass is 10.2. The van der Waals surface area contributed by atoms with E-state index < -0.39 is 23.1 Å². The molecule has 14 heavy (non-hydrogen) atoms. The van der Waals surface area contributed by atoms with Crippen LogP contribution in [0.25, 0.3) is 0 Å². The highest BCUT2D eigenvalue weighted by molar-refractivity contribution is 14.1. The molecule has 1 rings (SSSR count). The number of alkyl halides is 2. The first-order valence-corrected chi connectivity index (χ1v) is 4.76. The first-order valence-electron chi connectivity index (χ1n) is 3.31. The van der Waals surface area contributed by atoms with Gasteiger partial charge in [0.05, 0.1) is 5.56 Å². The van der Waals surface area contributed by atoms with Crippen LogP contribution in [0.2, 0.25) is 0 Å². The molecule has 0 aliphatic carbocycles. The summed E-state index contributed by atoms with van der Waals surface area (Å²) in [5, 5.41) is 8.23. The largest absolute Gasteiger partial charge is 0.506 e. The predicted molar refractivity (Wildman–Crippen MR) is 53.8 cm³/mol. The number of carbonyl (C=O) groups is 1. The van der Waals surface area contributed by atoms with Crippen molar-refractivity contribution in [2.75, 3.05) is 0 Å². The van der Waals surface area contributed by atoms with Gasteiger partial charge in [0.25, 0.3) is 11.7 Å². The molecule has 0 radical (unpaired) electrons. The molecule has 0 saturated heterocycles. The second kappa shape index (κ2) is 4.35. The van der Waals surface area contributed by atoms with Crippen LogP contribution in [0.3, 0.4) is 0 Å². The average molecular weight is 333 g/mol. The fourth-order valence-electron chi connectivity index (χ4n) is 0.792. The molecule has 0 aliphatic rings. The molecule has 1 aromatic rings. The highest BCUT2D eigenvalue weighted by Gasteiger charge is 2.19. The molecule has 0 bridgehead atoms. The van der Waals surface area contributed by atoms with Gasteiger partial charge in [-0.3, -0.25) is 4.79 Å². The van der Waals surface area contributed by atoms with Gasteiger partial charge in [0.2, 0.25) is 0 Å². The van der Waals surface area contributed by atoms with Crippen molar-refractivity contribution >= 4 is 39.4 Å². The number of hydrogen-bond donors (Lipinski definition) is 1. The zero-order chi connectivity index (χ0) is 10.9. The molecular formula is C7H3ClF2INO2. The summed E-state index contributed by atoms with van der Waals surface area (Å²) in [5.74, 6) is -0.732. The lowest BCUT2D eigenvalue weighted by molar-refractivity contribution is 0.107. The van der Waals surface area contributed by atoms with Crippen molar-refractivity contribution in [2.45, 2.75) is 6.43 Å². The van der Waals surface area contributed by atoms with Gasteiger partial charge in [-0.25, -0.2) is 13.8 Å². The van der Waals surface area contributed by atoms with Gasteiger partial charge in [-0.15, -0.1) is 0 Å². The van der Waals surface area contributed by atoms with Crippen LogP contribution in [-0.2, 0) is 0 Å². The van der Waals surface area contributed by atoms with Crippen LogP contribution in [-0.4, -0.2) is 15.3 Å². The minimum Gasteiger partial charge on any atom is -0.506 e. The lowest BCUT2D eigenvalue weighted by Gasteiger charge is -2.05. The van der Waals surface area contributed by atoms with Gasteiger partial charge in [0.15, 0.2) is 0 Å². The molecular weight excluding hydrogens is 330 g/mol. The van der Waals surface area contributed by atoms with Gasteiger partial charge in [0.1, 0.15) is 15.1 Å². The molecule has 0 fully saturated rings. The Hall–Kier alpha value is -0.500. The van der Waals surface area contributed by atoms with Crippen molar-refractivity contribution in [1.82, 2.24) is 4.98 Å². The van der Waals surface area contributed by atoms with Gasteiger partial charge in [-0.1, -0.05) is 0 Å². The van der Waals surface area contributed by atoms with Crippen LogP contribution in [0.4, 0.5) is 8.78 Å². The zero-order valence-corrected chi connectivity index (χ0v) is 9.38. The second-order valence-electron chi connectivity index (χ2n) is 2.31. The summed E-state index contributed by atoms with van der Waals surface area (Å²) >= 11 is 6.72. The number of halogens is 4. The summed E-state index contributed by atoms with van der Waals surface area (Å²) in [6, 6.07) is 0.881. The van der Waals surface area contributed by atoms with Crippen LogP contribution in [0, 0.1) is 3.70 Å². The first-order chi connectivity index (χ1) is 6.43. The lowest BCUT2D eigenvalue weighted by Crippen LogP contribution is -2.01. The summed E-state index contributed by atoms with van der Waals surface area (Å²) in [7, 11) is 0. The molecule has 1 heterocycles. The van der Waals surface area contributed by atoms with Gasteiger partial charge < -0.3 is 5.11 Å². The number of nitrogens with zero attached hydrogens (tertiary/aromatic N) is 1. The van der Waals surface area contributed by atoms with Crippen LogP contribution < -0.4 is 0 Å². The van der Waals surface area contributed by atoms with E-state index in [-0.39, 0.29) is 9.26 Å². The fraction of sp³-hybridized carbons (Fsp3) is 0.143. The predicted octanol–water partition coefficient (Wildman–Crippen LogP) is 2.71. The topological polar surface area (TPSA) is 50.2 Å². The summed E-state index contributed by atoms with van der Waals surface area (Å²) in [6.45, 7) is 0. The highest BCUT2D eigenvalue weighted by Crippen LogP contribution is 2.29. The van der Waals surface area contributed by atoms with Crippen molar-refractivity contribution in [3.8, 4) is 5.75 Å². The molecule has 1 N–H and O–H groups in total. The molecule has 0 amide bonds. The van der Waals surface area contributed by atoms with E-state index in [1.165, 1.54) is 0 Å². The van der Waals surface area contributed by atoms with E-state index >= 15 is 0 Å². The number of aromatic nitrogens is 1. The zero-order valence-electron chi connectivity index (χ0n) is 6.47. The van der Waals surface area contributed by atoms with E-state index in [9.17, 15) is 13.6 Å². The van der Waals surface area contributed by atoms with E-state index in [4.69, 9.17) is 16.7 Å². The molecule has 3 nitrogen and oxygen atoms in total. The Bertz CT molecular complexity index is 386. The van der Waals surface area contributed by atoms with Crippen LogP contribution in [0.15, 0.2) is 6.07 Å². The third-order valence-corrected chi connectivity index (χ3v) is 2.43. The van der Waals surface area contributed by atoms with E-state index in [1.807, 2.05) is 0 Å². The molecule has 0 aromatic carbocycles. The highest BCUT2D eigenvalue weighted by atomic mass is 127. The molecule has 0 saturated carbocycles. The maximum atomic E-state index is 12.2. The van der Waals surface area contributed by atoms with Gasteiger partial charge >= 0.3 is 0 Å². The first kappa shape index (κ1) is 11.6. The Labute approximate surface area is 96.2 Å². The van der Waals surface area contributed by atoms with Crippen LogP contribution >= 0.6 is 34.2 Å². The molecule has 0 spiro atoms. The maximum Gasteiger partial charge on any atom is 0.284 e. The summed E-state index contributed by atoms with van der Waals surface area (Å²) in [5.41, 5.74) is -0.842. The molecule has 76 valence electrons. The Morgan fingerprint density at radius 1 is 1.64 bits per heavy atom. The molecule has 0 atom stereocenters. The Morgan fingerprint density at radius 2 is 2.21 bits per heavy atom. The molecule has 0 unspecified atom stereocenters. The van der Waals surface area contributed by atoms with Crippen molar-refractivity contribution in [3.05, 3.63) is 21.0 Å². The minimum atomic E-state index is -2.89. The molecule has 7 heteroatoms. The quantitative estimate of drug-likeness (QED) is 0.514. The fourth-order valence-corrected chi connectivity index (χ4v) is 1.76. The number of hydrogen-bond acceptors (Lipinski definition) is 3. The van der Waals surface area contributed by atoms with E-state index in [1.54, 1.807) is 22.6 Å². The van der Waals surface area contributed by atoms with Crippen LogP contribution in [0.1, 0.15) is 22.5 Å². The van der Waals surface area contributed by atoms with Gasteiger partial charge in [0, 0.05) is 0 Å². The smallest absolute Gasteiger partial charge is 0.284 e. The third-order valence-electron chi connectivity index (χ3n) is 1.40. The SMILES string of the molecule is O=C(Cl)c1cc(O)c(C(F)F)nc1I. The number of carbonyl (C=O) groups excluding carboxylic acids is 1. The van der Waals surface area contributed by atoms with Gasteiger partial charge in [-0.2, -0.15) is 0 Å². The standard InChI is InChI=1S/C7H3ClF2INO2/c8-5(14)2-1-3(13)4(6(9)10)12-7(2)11/h1,6,13H. The summed E-state index contributed by atoms with van der Waals surface area (Å²) in [4.78, 5) is 14.1. The van der Waals surface area contributed by atoms with Crippen molar-refractivity contribution < 1.29 is 18.7 Å². The van der Waals surface area contributed by atoms with E-state index in [0.717, 1.165) is 6.07 Å². The monoisotopic (exact) mass is 333 g/mol. The van der Waals surface area contributed by atoms with E-state index in [2.05, 4.69) is 4.98 Å². The van der Waals surface area contributed by atoms with Crippen LogP contribution in [0.5, 0.6) is 5.75 Å². The average Bonchev–Trinajstić information content (AvgIpc) is 2.07. The summed E-state index contributed by atoms with van der Waals surface area (Å²) in [6.07, 6.45) is -2.89. The number of aromatic hydroxyl groups is 1. The maximum absolute atomic E-state index is 12.2. The van der Waals surface area contributed by atoms with E-state index in [0.29, 0.717) is 0 Å². The molecule has 1 aromatic heterocycles. The number of pyridine rings is 1. The normalized spacial score (nSPS) is 10.6. The Morgan fingerprint density at radius 3 is 2.64 bits per heavy atom. The van der Waals surface area contributed by atoms with Crippen molar-refractivity contribution in [3.63, 3.8) is 0 Å². The molecule has 0 aliphatic heterocycles. The van der Waals surface area contributed by atoms with Gasteiger partial charge in [-0.05, 0) is 40.3 Å².